The normalized spacial score (nSPS) is 11.0. The Hall–Kier alpha value is -4.99. The summed E-state index contributed by atoms with van der Waals surface area (Å²) in [6, 6.07) is 23.1. The topological polar surface area (TPSA) is 128 Å². The molecule has 0 aliphatic rings. The lowest BCUT2D eigenvalue weighted by Crippen LogP contribution is -2.42. The number of benzene rings is 3. The molecule has 0 bridgehead atoms. The Bertz CT molecular complexity index is 1720. The minimum atomic E-state index is -0.650. The molecule has 10 nitrogen and oxygen atoms in total. The molecule has 0 aliphatic carbocycles. The fraction of sp³-hybridized carbons (Fsp3) is 0.148. The first-order valence-corrected chi connectivity index (χ1v) is 11.7. The van der Waals surface area contributed by atoms with E-state index in [4.69, 9.17) is 4.42 Å². The number of para-hydroxylation sites is 2. The molecule has 2 amide bonds. The Morgan fingerprint density at radius 3 is 2.35 bits per heavy atom. The van der Waals surface area contributed by atoms with Gasteiger partial charge in [-0.05, 0) is 30.2 Å². The van der Waals surface area contributed by atoms with E-state index in [2.05, 4.69) is 16.0 Å². The number of nitrogens with zero attached hydrogens (tertiary/aromatic N) is 3. The summed E-state index contributed by atoms with van der Waals surface area (Å²) < 4.78 is 7.90. The van der Waals surface area contributed by atoms with Crippen LogP contribution in [0.15, 0.2) is 92.9 Å². The Morgan fingerprint density at radius 1 is 0.838 bits per heavy atom. The Morgan fingerprint density at radius 2 is 1.54 bits per heavy atom. The van der Waals surface area contributed by atoms with Gasteiger partial charge in [0, 0.05) is 18.4 Å². The first-order valence-electron chi connectivity index (χ1n) is 11.7. The van der Waals surface area contributed by atoms with E-state index in [0.717, 1.165) is 5.56 Å². The number of nitrogens with one attached hydrogen (secondary N) is 2. The second-order valence-electron chi connectivity index (χ2n) is 8.44. The molecule has 0 atom stereocenters. The highest BCUT2D eigenvalue weighted by Crippen LogP contribution is 2.14. The van der Waals surface area contributed by atoms with Gasteiger partial charge in [-0.1, -0.05) is 60.7 Å². The molecule has 0 aliphatic heterocycles. The lowest BCUT2D eigenvalue weighted by atomic mass is 10.1. The summed E-state index contributed by atoms with van der Waals surface area (Å²) in [7, 11) is 0. The van der Waals surface area contributed by atoms with Crippen LogP contribution in [-0.2, 0) is 17.9 Å². The molecule has 2 aromatic heterocycles. The summed E-state index contributed by atoms with van der Waals surface area (Å²) in [5.74, 6) is -1.57. The average molecular weight is 498 g/mol. The summed E-state index contributed by atoms with van der Waals surface area (Å²) >= 11 is 0. The van der Waals surface area contributed by atoms with Crippen LogP contribution in [0.2, 0.25) is 0 Å². The number of aromatic nitrogens is 3. The molecule has 0 saturated heterocycles. The van der Waals surface area contributed by atoms with Gasteiger partial charge in [-0.25, -0.2) is 9.48 Å². The first kappa shape index (κ1) is 23.7. The summed E-state index contributed by atoms with van der Waals surface area (Å²) in [6.07, 6.45) is 0.419. The highest BCUT2D eigenvalue weighted by molar-refractivity contribution is 6.05. The van der Waals surface area contributed by atoms with Crippen LogP contribution >= 0.6 is 0 Å². The minimum Gasteiger partial charge on any atom is -0.408 e. The van der Waals surface area contributed by atoms with E-state index >= 15 is 0 Å². The number of rotatable bonds is 7. The van der Waals surface area contributed by atoms with E-state index in [-0.39, 0.29) is 30.8 Å². The number of hydrogen-bond donors (Lipinski definition) is 2. The minimum absolute atomic E-state index is 0.0165. The van der Waals surface area contributed by atoms with Gasteiger partial charge in [0.15, 0.2) is 11.3 Å². The van der Waals surface area contributed by atoms with E-state index in [0.29, 0.717) is 28.3 Å². The van der Waals surface area contributed by atoms with E-state index in [1.54, 1.807) is 48.5 Å². The lowest BCUT2D eigenvalue weighted by Gasteiger charge is -2.12. The maximum Gasteiger partial charge on any atom is 0.419 e. The van der Waals surface area contributed by atoms with Crippen LogP contribution in [0.25, 0.3) is 21.9 Å². The number of fused-ring (bicyclic) bond motifs is 2. The maximum absolute atomic E-state index is 13.0. The van der Waals surface area contributed by atoms with Crippen molar-refractivity contribution in [1.29, 1.82) is 0 Å². The number of aryl methyl sites for hydroxylation is 1. The monoisotopic (exact) mass is 497 g/mol. The van der Waals surface area contributed by atoms with Crippen molar-refractivity contribution < 1.29 is 14.0 Å². The number of carbonyl (C=O) groups excluding carboxylic acids is 2. The third-order valence-electron chi connectivity index (χ3n) is 5.93. The molecule has 0 fully saturated rings. The van der Waals surface area contributed by atoms with Gasteiger partial charge in [0.1, 0.15) is 0 Å². The van der Waals surface area contributed by atoms with Crippen molar-refractivity contribution in [3.63, 3.8) is 0 Å². The van der Waals surface area contributed by atoms with Crippen LogP contribution in [0.4, 0.5) is 0 Å². The van der Waals surface area contributed by atoms with E-state index in [1.807, 2.05) is 30.3 Å². The molecule has 3 aromatic carbocycles. The van der Waals surface area contributed by atoms with Crippen LogP contribution < -0.4 is 22.2 Å². The van der Waals surface area contributed by atoms with E-state index in [1.165, 1.54) is 9.25 Å². The molecule has 0 spiro atoms. The van der Waals surface area contributed by atoms with Gasteiger partial charge in [0.2, 0.25) is 5.91 Å². The SMILES string of the molecule is O=C(CCCn1c(=O)oc2ccccc21)NNC(=O)c1nn(Cc2ccccc2)c(=O)c2ccccc12. The molecule has 10 heteroatoms. The zero-order chi connectivity index (χ0) is 25.8. The van der Waals surface area contributed by atoms with Gasteiger partial charge < -0.3 is 4.42 Å². The smallest absolute Gasteiger partial charge is 0.408 e. The summed E-state index contributed by atoms with van der Waals surface area (Å²) in [5.41, 5.74) is 6.47. The van der Waals surface area contributed by atoms with Crippen LogP contribution in [0.3, 0.4) is 0 Å². The summed E-state index contributed by atoms with van der Waals surface area (Å²) in [4.78, 5) is 50.4. The third kappa shape index (κ3) is 5.03. The number of oxazole rings is 1. The second-order valence-corrected chi connectivity index (χ2v) is 8.44. The van der Waals surface area contributed by atoms with Gasteiger partial charge in [0.05, 0.1) is 17.4 Å². The highest BCUT2D eigenvalue weighted by atomic mass is 16.4. The number of amides is 2. The molecular formula is C27H23N5O5. The standard InChI is InChI=1S/C27H23N5O5/c33-23(15-8-16-31-21-13-6-7-14-22(21)37-27(31)36)28-29-25(34)24-19-11-4-5-12-20(19)26(35)32(30-24)17-18-9-2-1-3-10-18/h1-7,9-14H,8,15-17H2,(H,28,33)(H,29,34). The Kier molecular flexibility index (Phi) is 6.62. The van der Waals surface area contributed by atoms with Crippen molar-refractivity contribution in [2.24, 2.45) is 0 Å². The van der Waals surface area contributed by atoms with Crippen molar-refractivity contribution in [2.45, 2.75) is 25.9 Å². The zero-order valence-corrected chi connectivity index (χ0v) is 19.7. The molecular weight excluding hydrogens is 474 g/mol. The van der Waals surface area contributed by atoms with Crippen LogP contribution in [0.5, 0.6) is 0 Å². The zero-order valence-electron chi connectivity index (χ0n) is 19.7. The Labute approximate surface area is 210 Å². The van der Waals surface area contributed by atoms with Crippen molar-refractivity contribution in [3.8, 4) is 0 Å². The molecule has 0 radical (unpaired) electrons. The predicted molar refractivity (Wildman–Crippen MR) is 137 cm³/mol. The van der Waals surface area contributed by atoms with Crippen LogP contribution in [0, 0.1) is 0 Å². The van der Waals surface area contributed by atoms with Crippen molar-refractivity contribution in [3.05, 3.63) is 111 Å². The molecule has 2 heterocycles. The predicted octanol–water partition coefficient (Wildman–Crippen LogP) is 2.59. The number of hydrazine groups is 1. The van der Waals surface area contributed by atoms with Gasteiger partial charge in [-0.3, -0.25) is 29.8 Å². The summed E-state index contributed by atoms with van der Waals surface area (Å²) in [5, 5.41) is 5.03. The fourth-order valence-electron chi connectivity index (χ4n) is 4.14. The van der Waals surface area contributed by atoms with Gasteiger partial charge in [0.25, 0.3) is 11.5 Å². The molecule has 0 unspecified atom stereocenters. The highest BCUT2D eigenvalue weighted by Gasteiger charge is 2.17. The molecule has 2 N–H and O–H groups in total. The van der Waals surface area contributed by atoms with Gasteiger partial charge in [-0.2, -0.15) is 5.10 Å². The summed E-state index contributed by atoms with van der Waals surface area (Å²) in [6.45, 7) is 0.479. The maximum atomic E-state index is 13.0. The van der Waals surface area contributed by atoms with Gasteiger partial charge in [-0.15, -0.1) is 0 Å². The van der Waals surface area contributed by atoms with E-state index < -0.39 is 17.6 Å². The number of hydrogen-bond acceptors (Lipinski definition) is 6. The van der Waals surface area contributed by atoms with Crippen molar-refractivity contribution >= 4 is 33.7 Å². The van der Waals surface area contributed by atoms with E-state index in [9.17, 15) is 19.2 Å². The number of carbonyl (C=O) groups is 2. The Balaban J connectivity index is 1.26. The van der Waals surface area contributed by atoms with Crippen molar-refractivity contribution in [1.82, 2.24) is 25.2 Å². The second kappa shape index (κ2) is 10.3. The lowest BCUT2D eigenvalue weighted by molar-refractivity contribution is -0.122. The molecule has 186 valence electrons. The third-order valence-corrected chi connectivity index (χ3v) is 5.93. The molecule has 37 heavy (non-hydrogen) atoms. The average Bonchev–Trinajstić information content (AvgIpc) is 3.24. The van der Waals surface area contributed by atoms with Crippen LogP contribution in [-0.4, -0.2) is 26.2 Å². The largest absolute Gasteiger partial charge is 0.419 e. The molecule has 5 aromatic rings. The van der Waals surface area contributed by atoms with Gasteiger partial charge >= 0.3 is 5.76 Å². The molecule has 0 saturated carbocycles. The molecule has 5 rings (SSSR count). The van der Waals surface area contributed by atoms with Crippen molar-refractivity contribution in [2.75, 3.05) is 0 Å². The van der Waals surface area contributed by atoms with Crippen LogP contribution in [0.1, 0.15) is 28.9 Å². The first-order chi connectivity index (χ1) is 18.0. The fourth-order valence-corrected chi connectivity index (χ4v) is 4.14. The quantitative estimate of drug-likeness (QED) is 0.333.